The van der Waals surface area contributed by atoms with Gasteiger partial charge < -0.3 is 14.8 Å². The molecule has 1 aliphatic rings. The Morgan fingerprint density at radius 3 is 2.95 bits per heavy atom. The van der Waals surface area contributed by atoms with Crippen molar-refractivity contribution in [1.82, 2.24) is 5.32 Å². The van der Waals surface area contributed by atoms with Crippen LogP contribution in [0.4, 0.5) is 14.5 Å². The Morgan fingerprint density at radius 1 is 1.53 bits per heavy atom. The zero-order valence-electron chi connectivity index (χ0n) is 9.90. The minimum Gasteiger partial charge on any atom is -0.484 e. The number of rotatable bonds is 4. The molecular formula is C11H12F2N2O4. The monoisotopic (exact) mass is 274 g/mol. The molecule has 1 aromatic rings. The van der Waals surface area contributed by atoms with Gasteiger partial charge in [0.15, 0.2) is 0 Å². The lowest BCUT2D eigenvalue weighted by Crippen LogP contribution is -2.41. The molecule has 0 saturated carbocycles. The normalized spacial score (nSPS) is 19.2. The predicted molar refractivity (Wildman–Crippen MR) is 61.1 cm³/mol. The van der Waals surface area contributed by atoms with Crippen LogP contribution in [0.5, 0.6) is 5.75 Å². The summed E-state index contributed by atoms with van der Waals surface area (Å²) in [6.45, 7) is 1.71. The van der Waals surface area contributed by atoms with Crippen molar-refractivity contribution in [2.45, 2.75) is 6.10 Å². The maximum absolute atomic E-state index is 13.3. The molecule has 1 aliphatic heterocycles. The SMILES string of the molecule is O=[N+]([O-])c1c(F)cc(F)cc1OCC1CNCCO1. The van der Waals surface area contributed by atoms with Gasteiger partial charge in [-0.25, -0.2) is 4.39 Å². The number of morpholine rings is 1. The molecule has 1 atom stereocenters. The van der Waals surface area contributed by atoms with Crippen LogP contribution in [0, 0.1) is 21.7 Å². The van der Waals surface area contributed by atoms with Crippen LogP contribution in [0.25, 0.3) is 0 Å². The van der Waals surface area contributed by atoms with Crippen molar-refractivity contribution in [2.75, 3.05) is 26.3 Å². The van der Waals surface area contributed by atoms with Gasteiger partial charge in [0.1, 0.15) is 18.5 Å². The molecule has 0 aliphatic carbocycles. The summed E-state index contributed by atoms with van der Waals surface area (Å²) in [6.07, 6.45) is -0.306. The molecule has 1 fully saturated rings. The lowest BCUT2D eigenvalue weighted by Gasteiger charge is -2.23. The summed E-state index contributed by atoms with van der Waals surface area (Å²) in [6, 6.07) is 1.24. The number of nitro groups is 1. The number of ether oxygens (including phenoxy) is 2. The average molecular weight is 274 g/mol. The molecule has 1 unspecified atom stereocenters. The zero-order valence-corrected chi connectivity index (χ0v) is 9.90. The van der Waals surface area contributed by atoms with Crippen LogP contribution in [0.2, 0.25) is 0 Å². The molecule has 1 saturated heterocycles. The highest BCUT2D eigenvalue weighted by molar-refractivity contribution is 5.47. The van der Waals surface area contributed by atoms with Crippen molar-refractivity contribution in [1.29, 1.82) is 0 Å². The third-order valence-corrected chi connectivity index (χ3v) is 2.60. The summed E-state index contributed by atoms with van der Waals surface area (Å²) in [4.78, 5) is 9.78. The van der Waals surface area contributed by atoms with Crippen LogP contribution in [-0.4, -0.2) is 37.3 Å². The van der Waals surface area contributed by atoms with Gasteiger partial charge in [0.05, 0.1) is 11.5 Å². The van der Waals surface area contributed by atoms with Crippen LogP contribution in [0.1, 0.15) is 0 Å². The molecule has 0 radical (unpaired) electrons. The van der Waals surface area contributed by atoms with Gasteiger partial charge >= 0.3 is 5.69 Å². The van der Waals surface area contributed by atoms with Crippen molar-refractivity contribution < 1.29 is 23.2 Å². The van der Waals surface area contributed by atoms with Crippen LogP contribution < -0.4 is 10.1 Å². The second kappa shape index (κ2) is 5.89. The number of hydrogen-bond donors (Lipinski definition) is 1. The third kappa shape index (κ3) is 3.36. The molecule has 0 amide bonds. The van der Waals surface area contributed by atoms with E-state index in [1.54, 1.807) is 0 Å². The van der Waals surface area contributed by atoms with E-state index in [0.717, 1.165) is 6.07 Å². The first-order valence-corrected chi connectivity index (χ1v) is 5.66. The van der Waals surface area contributed by atoms with Crippen LogP contribution >= 0.6 is 0 Å². The Balaban J connectivity index is 2.12. The molecular weight excluding hydrogens is 262 g/mol. The lowest BCUT2D eigenvalue weighted by molar-refractivity contribution is -0.388. The van der Waals surface area contributed by atoms with E-state index in [1.807, 2.05) is 0 Å². The van der Waals surface area contributed by atoms with E-state index in [9.17, 15) is 18.9 Å². The van der Waals surface area contributed by atoms with Gasteiger partial charge in [-0.1, -0.05) is 0 Å². The van der Waals surface area contributed by atoms with Crippen molar-refractivity contribution in [2.24, 2.45) is 0 Å². The molecule has 0 aromatic heterocycles. The van der Waals surface area contributed by atoms with E-state index >= 15 is 0 Å². The number of nitrogens with one attached hydrogen (secondary N) is 1. The fraction of sp³-hybridized carbons (Fsp3) is 0.455. The first-order chi connectivity index (χ1) is 9.08. The first kappa shape index (κ1) is 13.6. The van der Waals surface area contributed by atoms with Gasteiger partial charge in [0.2, 0.25) is 11.6 Å². The van der Waals surface area contributed by atoms with Gasteiger partial charge in [-0.15, -0.1) is 0 Å². The highest BCUT2D eigenvalue weighted by Gasteiger charge is 2.24. The fourth-order valence-electron chi connectivity index (χ4n) is 1.74. The Bertz CT molecular complexity index is 478. The van der Waals surface area contributed by atoms with E-state index < -0.39 is 28.0 Å². The summed E-state index contributed by atoms with van der Waals surface area (Å²) in [5.41, 5.74) is -0.870. The Labute approximate surface area is 107 Å². The summed E-state index contributed by atoms with van der Waals surface area (Å²) >= 11 is 0. The number of halogens is 2. The van der Waals surface area contributed by atoms with E-state index in [0.29, 0.717) is 25.8 Å². The molecule has 1 N–H and O–H groups in total. The van der Waals surface area contributed by atoms with Crippen molar-refractivity contribution in [3.8, 4) is 5.75 Å². The molecule has 2 rings (SSSR count). The highest BCUT2D eigenvalue weighted by Crippen LogP contribution is 2.31. The third-order valence-electron chi connectivity index (χ3n) is 2.60. The number of benzene rings is 1. The molecule has 1 heterocycles. The van der Waals surface area contributed by atoms with Gasteiger partial charge in [0, 0.05) is 25.2 Å². The highest BCUT2D eigenvalue weighted by atomic mass is 19.1. The Morgan fingerprint density at radius 2 is 2.32 bits per heavy atom. The summed E-state index contributed by atoms with van der Waals surface area (Å²) in [5.74, 6) is -2.62. The Hall–Kier alpha value is -1.80. The maximum Gasteiger partial charge on any atom is 0.346 e. The molecule has 1 aromatic carbocycles. The van der Waals surface area contributed by atoms with Gasteiger partial charge in [-0.3, -0.25) is 10.1 Å². The molecule has 8 heteroatoms. The van der Waals surface area contributed by atoms with Crippen molar-refractivity contribution in [3.63, 3.8) is 0 Å². The summed E-state index contributed by atoms with van der Waals surface area (Å²) in [7, 11) is 0. The molecule has 0 bridgehead atoms. The largest absolute Gasteiger partial charge is 0.484 e. The van der Waals surface area contributed by atoms with Gasteiger partial charge in [-0.05, 0) is 0 Å². The molecule has 104 valence electrons. The average Bonchev–Trinajstić information content (AvgIpc) is 2.36. The predicted octanol–water partition coefficient (Wildman–Crippen LogP) is 1.24. The Kier molecular flexibility index (Phi) is 4.23. The lowest BCUT2D eigenvalue weighted by atomic mass is 10.2. The first-order valence-electron chi connectivity index (χ1n) is 5.66. The quantitative estimate of drug-likeness (QED) is 0.660. The summed E-state index contributed by atoms with van der Waals surface area (Å²) in [5, 5.41) is 13.8. The van der Waals surface area contributed by atoms with Gasteiger partial charge in [-0.2, -0.15) is 4.39 Å². The maximum atomic E-state index is 13.3. The number of nitrogens with zero attached hydrogens (tertiary/aromatic N) is 1. The van der Waals surface area contributed by atoms with E-state index in [-0.39, 0.29) is 12.7 Å². The zero-order chi connectivity index (χ0) is 13.8. The molecule has 6 nitrogen and oxygen atoms in total. The van der Waals surface area contributed by atoms with Crippen molar-refractivity contribution in [3.05, 3.63) is 33.9 Å². The number of nitro benzene ring substituents is 1. The van der Waals surface area contributed by atoms with E-state index in [2.05, 4.69) is 5.32 Å². The molecule has 19 heavy (non-hydrogen) atoms. The van der Waals surface area contributed by atoms with Crippen LogP contribution in [0.3, 0.4) is 0 Å². The van der Waals surface area contributed by atoms with Gasteiger partial charge in [0.25, 0.3) is 0 Å². The second-order valence-electron chi connectivity index (χ2n) is 4.00. The second-order valence-corrected chi connectivity index (χ2v) is 4.00. The minimum absolute atomic E-state index is 0.0171. The van der Waals surface area contributed by atoms with E-state index in [1.165, 1.54) is 0 Å². The van der Waals surface area contributed by atoms with Crippen LogP contribution in [0.15, 0.2) is 12.1 Å². The molecule has 0 spiro atoms. The van der Waals surface area contributed by atoms with Crippen molar-refractivity contribution >= 4 is 5.69 Å². The van der Waals surface area contributed by atoms with Crippen LogP contribution in [-0.2, 0) is 4.74 Å². The fourth-order valence-corrected chi connectivity index (χ4v) is 1.74. The van der Waals surface area contributed by atoms with E-state index in [4.69, 9.17) is 9.47 Å². The minimum atomic E-state index is -1.26. The summed E-state index contributed by atoms with van der Waals surface area (Å²) < 4.78 is 36.8. The topological polar surface area (TPSA) is 73.6 Å². The standard InChI is InChI=1S/C11H12F2N2O4/c12-7-3-9(13)11(15(16)17)10(4-7)19-6-8-5-14-1-2-18-8/h3-4,8,14H,1-2,5-6H2. The number of hydrogen-bond acceptors (Lipinski definition) is 5. The smallest absolute Gasteiger partial charge is 0.346 e.